The molecule has 156 valence electrons. The fourth-order valence-electron chi connectivity index (χ4n) is 3.18. The van der Waals surface area contributed by atoms with Gasteiger partial charge in [-0.3, -0.25) is 4.98 Å². The van der Waals surface area contributed by atoms with Crippen LogP contribution in [0.15, 0.2) is 66.5 Å². The molecule has 6 heteroatoms. The molecule has 2 aromatic rings. The van der Waals surface area contributed by atoms with Gasteiger partial charge in [0, 0.05) is 24.6 Å². The van der Waals surface area contributed by atoms with Crippen molar-refractivity contribution < 1.29 is 13.2 Å². The van der Waals surface area contributed by atoms with E-state index in [4.69, 9.17) is 0 Å². The van der Waals surface area contributed by atoms with Crippen LogP contribution in [-0.2, 0) is 12.7 Å². The number of aromatic nitrogens is 1. The SMILES string of the molecule is C/C=C\C(=C/NNCc1ccc(C(F)(F)F)cc1)CC(CC)c1cccnc1C. The molecule has 0 saturated heterocycles. The van der Waals surface area contributed by atoms with Crippen molar-refractivity contribution in [2.24, 2.45) is 0 Å². The topological polar surface area (TPSA) is 37.0 Å². The van der Waals surface area contributed by atoms with E-state index in [-0.39, 0.29) is 0 Å². The van der Waals surface area contributed by atoms with Crippen LogP contribution in [0, 0.1) is 6.92 Å². The number of hydrogen-bond donors (Lipinski definition) is 2. The Hall–Kier alpha value is -2.60. The molecular formula is C23H28F3N3. The number of hydrogen-bond acceptors (Lipinski definition) is 3. The number of allylic oxidation sites excluding steroid dienone is 3. The Morgan fingerprint density at radius 3 is 2.48 bits per heavy atom. The van der Waals surface area contributed by atoms with E-state index in [0.29, 0.717) is 12.5 Å². The first-order valence-electron chi connectivity index (χ1n) is 9.73. The maximum Gasteiger partial charge on any atom is 0.416 e. The van der Waals surface area contributed by atoms with Gasteiger partial charge in [-0.05, 0) is 67.5 Å². The predicted octanol–water partition coefficient (Wildman–Crippen LogP) is 6.05. The molecule has 0 bridgehead atoms. The Balaban J connectivity index is 1.96. The van der Waals surface area contributed by atoms with Crippen molar-refractivity contribution in [1.82, 2.24) is 15.8 Å². The standard InChI is InChI=1S/C23H28F3N3/c1-4-7-19(14-20(5-2)22-8-6-13-27-17(22)3)16-29-28-15-18-9-11-21(12-10-18)23(24,25)26/h4,6-13,16,20,28-29H,5,14-15H2,1-3H3/b7-4-,19-16+. The lowest BCUT2D eigenvalue weighted by atomic mass is 9.89. The monoisotopic (exact) mass is 403 g/mol. The zero-order chi connectivity index (χ0) is 21.3. The highest BCUT2D eigenvalue weighted by molar-refractivity contribution is 5.28. The van der Waals surface area contributed by atoms with Crippen molar-refractivity contribution in [3.63, 3.8) is 0 Å². The first kappa shape index (κ1) is 22.7. The molecule has 1 unspecified atom stereocenters. The van der Waals surface area contributed by atoms with E-state index < -0.39 is 11.7 Å². The largest absolute Gasteiger partial charge is 0.416 e. The summed E-state index contributed by atoms with van der Waals surface area (Å²) in [6.45, 7) is 6.58. The summed E-state index contributed by atoms with van der Waals surface area (Å²) < 4.78 is 37.9. The predicted molar refractivity (Wildman–Crippen MR) is 111 cm³/mol. The molecule has 0 saturated carbocycles. The van der Waals surface area contributed by atoms with Gasteiger partial charge in [0.05, 0.1) is 5.56 Å². The van der Waals surface area contributed by atoms with Crippen LogP contribution >= 0.6 is 0 Å². The molecular weight excluding hydrogens is 375 g/mol. The molecule has 2 N–H and O–H groups in total. The van der Waals surface area contributed by atoms with Gasteiger partial charge in [0.2, 0.25) is 0 Å². The number of aryl methyl sites for hydroxylation is 1. The lowest BCUT2D eigenvalue weighted by Crippen LogP contribution is -2.26. The van der Waals surface area contributed by atoms with E-state index in [0.717, 1.165) is 41.8 Å². The summed E-state index contributed by atoms with van der Waals surface area (Å²) in [6, 6.07) is 9.24. The minimum atomic E-state index is -4.31. The number of nitrogens with one attached hydrogen (secondary N) is 2. The van der Waals surface area contributed by atoms with Gasteiger partial charge in [-0.2, -0.15) is 13.2 Å². The Bertz CT molecular complexity index is 824. The lowest BCUT2D eigenvalue weighted by Gasteiger charge is -2.18. The fourth-order valence-corrected chi connectivity index (χ4v) is 3.18. The summed E-state index contributed by atoms with van der Waals surface area (Å²) >= 11 is 0. The average molecular weight is 403 g/mol. The zero-order valence-corrected chi connectivity index (χ0v) is 17.1. The van der Waals surface area contributed by atoms with Gasteiger partial charge in [0.15, 0.2) is 0 Å². The quantitative estimate of drug-likeness (QED) is 0.304. The Kier molecular flexibility index (Phi) is 8.46. The van der Waals surface area contributed by atoms with Crippen LogP contribution in [0.3, 0.4) is 0 Å². The van der Waals surface area contributed by atoms with Crippen molar-refractivity contribution in [1.29, 1.82) is 0 Å². The van der Waals surface area contributed by atoms with Gasteiger partial charge in [-0.1, -0.05) is 37.3 Å². The number of rotatable bonds is 9. The van der Waals surface area contributed by atoms with Gasteiger partial charge >= 0.3 is 6.18 Å². The third-order valence-electron chi connectivity index (χ3n) is 4.78. The molecule has 1 atom stereocenters. The smallest absolute Gasteiger partial charge is 0.328 e. The molecule has 0 spiro atoms. The van der Waals surface area contributed by atoms with Gasteiger partial charge in [-0.15, -0.1) is 0 Å². The van der Waals surface area contributed by atoms with Crippen molar-refractivity contribution in [3.05, 3.63) is 88.9 Å². The molecule has 3 nitrogen and oxygen atoms in total. The summed E-state index contributed by atoms with van der Waals surface area (Å²) in [5.41, 5.74) is 9.65. The van der Waals surface area contributed by atoms with Crippen molar-refractivity contribution >= 4 is 0 Å². The highest BCUT2D eigenvalue weighted by Crippen LogP contribution is 2.29. The van der Waals surface area contributed by atoms with Crippen LogP contribution in [0.4, 0.5) is 13.2 Å². The van der Waals surface area contributed by atoms with Crippen LogP contribution in [0.2, 0.25) is 0 Å². The van der Waals surface area contributed by atoms with Crippen LogP contribution in [-0.4, -0.2) is 4.98 Å². The highest BCUT2D eigenvalue weighted by atomic mass is 19.4. The molecule has 1 aromatic heterocycles. The normalized spacial score (nSPS) is 13.7. The second kappa shape index (κ2) is 10.8. The molecule has 0 radical (unpaired) electrons. The Morgan fingerprint density at radius 1 is 1.17 bits per heavy atom. The molecule has 0 aliphatic heterocycles. The number of pyridine rings is 1. The molecule has 1 aromatic carbocycles. The van der Waals surface area contributed by atoms with Crippen molar-refractivity contribution in [2.45, 2.75) is 52.3 Å². The van der Waals surface area contributed by atoms with E-state index in [1.54, 1.807) is 6.20 Å². The van der Waals surface area contributed by atoms with E-state index in [2.05, 4.69) is 34.9 Å². The summed E-state index contributed by atoms with van der Waals surface area (Å²) in [6.07, 6.45) is 5.31. The molecule has 29 heavy (non-hydrogen) atoms. The molecule has 2 rings (SSSR count). The minimum Gasteiger partial charge on any atom is -0.328 e. The third kappa shape index (κ3) is 7.06. The second-order valence-corrected chi connectivity index (χ2v) is 6.90. The number of nitrogens with zero attached hydrogens (tertiary/aromatic N) is 1. The van der Waals surface area contributed by atoms with Crippen LogP contribution in [0.5, 0.6) is 0 Å². The molecule has 0 amide bonds. The van der Waals surface area contributed by atoms with Crippen LogP contribution in [0.25, 0.3) is 0 Å². The molecule has 1 heterocycles. The van der Waals surface area contributed by atoms with Crippen LogP contribution < -0.4 is 10.9 Å². The zero-order valence-electron chi connectivity index (χ0n) is 17.1. The summed E-state index contributed by atoms with van der Waals surface area (Å²) in [5, 5.41) is 0. The van der Waals surface area contributed by atoms with Crippen molar-refractivity contribution in [2.75, 3.05) is 0 Å². The lowest BCUT2D eigenvalue weighted by molar-refractivity contribution is -0.137. The van der Waals surface area contributed by atoms with Crippen LogP contribution in [0.1, 0.15) is 55.0 Å². The summed E-state index contributed by atoms with van der Waals surface area (Å²) in [5.74, 6) is 0.364. The summed E-state index contributed by atoms with van der Waals surface area (Å²) in [4.78, 5) is 4.40. The van der Waals surface area contributed by atoms with E-state index in [9.17, 15) is 13.2 Å². The fraction of sp³-hybridized carbons (Fsp3) is 0.348. The second-order valence-electron chi connectivity index (χ2n) is 6.90. The Morgan fingerprint density at radius 2 is 1.90 bits per heavy atom. The highest BCUT2D eigenvalue weighted by Gasteiger charge is 2.29. The minimum absolute atomic E-state index is 0.364. The first-order chi connectivity index (χ1) is 13.8. The number of halogens is 3. The first-order valence-corrected chi connectivity index (χ1v) is 9.73. The van der Waals surface area contributed by atoms with Gasteiger partial charge < -0.3 is 5.43 Å². The van der Waals surface area contributed by atoms with E-state index >= 15 is 0 Å². The molecule has 0 aliphatic rings. The van der Waals surface area contributed by atoms with E-state index in [1.807, 2.05) is 32.2 Å². The molecule has 0 fully saturated rings. The number of alkyl halides is 3. The van der Waals surface area contributed by atoms with Gasteiger partial charge in [0.25, 0.3) is 0 Å². The van der Waals surface area contributed by atoms with Crippen molar-refractivity contribution in [3.8, 4) is 0 Å². The van der Waals surface area contributed by atoms with E-state index in [1.165, 1.54) is 17.7 Å². The number of benzene rings is 1. The molecule has 0 aliphatic carbocycles. The average Bonchev–Trinajstić information content (AvgIpc) is 2.69. The third-order valence-corrected chi connectivity index (χ3v) is 4.78. The maximum atomic E-state index is 12.6. The Labute approximate surface area is 170 Å². The maximum absolute atomic E-state index is 12.6. The summed E-state index contributed by atoms with van der Waals surface area (Å²) in [7, 11) is 0. The van der Waals surface area contributed by atoms with Gasteiger partial charge in [0.1, 0.15) is 0 Å². The number of hydrazine groups is 1. The van der Waals surface area contributed by atoms with Gasteiger partial charge in [-0.25, -0.2) is 5.43 Å².